The van der Waals surface area contributed by atoms with Crippen molar-refractivity contribution >= 4 is 23.1 Å². The van der Waals surface area contributed by atoms with E-state index in [1.165, 1.54) is 42.7 Å². The third-order valence-electron chi connectivity index (χ3n) is 7.41. The molecule has 7 heteroatoms. The van der Waals surface area contributed by atoms with Gasteiger partial charge in [0.15, 0.2) is 0 Å². The average molecular weight is 437 g/mol. The lowest BCUT2D eigenvalue weighted by atomic mass is 9.49. The molecule has 1 N–H and O–H groups in total. The first-order valence-corrected chi connectivity index (χ1v) is 12.0. The Labute approximate surface area is 184 Å². The second kappa shape index (κ2) is 6.99. The lowest BCUT2D eigenvalue weighted by molar-refractivity contribution is -0.140. The molecule has 0 saturated heterocycles. The van der Waals surface area contributed by atoms with Gasteiger partial charge in [-0.1, -0.05) is 0 Å². The van der Waals surface area contributed by atoms with Crippen LogP contribution in [0, 0.1) is 35.9 Å². The van der Waals surface area contributed by atoms with Crippen LogP contribution < -0.4 is 5.32 Å². The van der Waals surface area contributed by atoms with E-state index < -0.39 is 0 Å². The van der Waals surface area contributed by atoms with Gasteiger partial charge in [0, 0.05) is 17.0 Å². The van der Waals surface area contributed by atoms with Crippen molar-refractivity contribution in [3.05, 3.63) is 47.2 Å². The van der Waals surface area contributed by atoms with E-state index in [1.807, 2.05) is 18.4 Å². The van der Waals surface area contributed by atoms with Crippen LogP contribution in [0.15, 0.2) is 35.7 Å². The number of amides is 1. The van der Waals surface area contributed by atoms with E-state index in [0.29, 0.717) is 10.9 Å². The van der Waals surface area contributed by atoms with Gasteiger partial charge >= 0.3 is 0 Å². The maximum absolute atomic E-state index is 13.5. The molecule has 2 aromatic heterocycles. The van der Waals surface area contributed by atoms with E-state index >= 15 is 0 Å². The molecular formula is C24H25FN4OS. The van der Waals surface area contributed by atoms with E-state index in [1.54, 1.807) is 16.8 Å². The third-order valence-corrected chi connectivity index (χ3v) is 8.22. The van der Waals surface area contributed by atoms with E-state index in [9.17, 15) is 9.18 Å². The van der Waals surface area contributed by atoms with Gasteiger partial charge in [-0.05, 0) is 87.5 Å². The second-order valence-corrected chi connectivity index (χ2v) is 10.6. The summed E-state index contributed by atoms with van der Waals surface area (Å²) in [7, 11) is 0. The van der Waals surface area contributed by atoms with Crippen LogP contribution in [0.4, 0.5) is 10.2 Å². The van der Waals surface area contributed by atoms with Crippen molar-refractivity contribution in [2.75, 3.05) is 5.32 Å². The van der Waals surface area contributed by atoms with E-state index in [4.69, 9.17) is 4.98 Å². The van der Waals surface area contributed by atoms with Crippen molar-refractivity contribution in [2.24, 2.45) is 23.2 Å². The van der Waals surface area contributed by atoms with Crippen LogP contribution in [0.25, 0.3) is 16.4 Å². The van der Waals surface area contributed by atoms with Crippen molar-refractivity contribution in [2.45, 2.75) is 45.4 Å². The Morgan fingerprint density at radius 2 is 1.77 bits per heavy atom. The number of benzene rings is 1. The minimum Gasteiger partial charge on any atom is -0.310 e. The number of carbonyl (C=O) groups is 1. The first-order valence-electron chi connectivity index (χ1n) is 11.1. The highest BCUT2D eigenvalue weighted by atomic mass is 32.1. The van der Waals surface area contributed by atoms with Gasteiger partial charge in [0.25, 0.3) is 0 Å². The summed E-state index contributed by atoms with van der Waals surface area (Å²) in [5.74, 6) is 2.74. The van der Waals surface area contributed by atoms with Gasteiger partial charge in [-0.15, -0.1) is 11.3 Å². The molecule has 160 valence electrons. The predicted molar refractivity (Wildman–Crippen MR) is 119 cm³/mol. The number of halogens is 1. The molecule has 0 aliphatic heterocycles. The van der Waals surface area contributed by atoms with Crippen LogP contribution in [0.1, 0.15) is 44.2 Å². The minimum atomic E-state index is -0.267. The number of carbonyl (C=O) groups excluding carboxylic acids is 1. The van der Waals surface area contributed by atoms with Gasteiger partial charge in [-0.25, -0.2) is 9.37 Å². The molecule has 1 amide bonds. The number of thiazole rings is 1. The van der Waals surface area contributed by atoms with Crippen LogP contribution in [-0.4, -0.2) is 20.7 Å². The molecule has 4 fully saturated rings. The average Bonchev–Trinajstić information content (AvgIpc) is 3.34. The third kappa shape index (κ3) is 3.30. The summed E-state index contributed by atoms with van der Waals surface area (Å²) in [4.78, 5) is 18.2. The molecule has 0 atom stereocenters. The van der Waals surface area contributed by atoms with Crippen LogP contribution in [-0.2, 0) is 4.79 Å². The lowest BCUT2D eigenvalue weighted by Gasteiger charge is -2.55. The molecule has 4 aliphatic carbocycles. The van der Waals surface area contributed by atoms with Crippen molar-refractivity contribution in [1.29, 1.82) is 0 Å². The zero-order valence-corrected chi connectivity index (χ0v) is 18.3. The van der Waals surface area contributed by atoms with Crippen molar-refractivity contribution in [3.8, 4) is 16.4 Å². The highest BCUT2D eigenvalue weighted by Gasteiger charge is 2.54. The van der Waals surface area contributed by atoms with E-state index in [-0.39, 0.29) is 17.1 Å². The zero-order chi connectivity index (χ0) is 21.2. The molecule has 4 aliphatic rings. The highest BCUT2D eigenvalue weighted by Crippen LogP contribution is 2.60. The van der Waals surface area contributed by atoms with E-state index in [2.05, 4.69) is 10.4 Å². The van der Waals surface area contributed by atoms with Gasteiger partial charge in [0.1, 0.15) is 11.6 Å². The number of hydrogen-bond donors (Lipinski definition) is 1. The lowest BCUT2D eigenvalue weighted by Crippen LogP contribution is -2.51. The number of anilines is 1. The maximum atomic E-state index is 13.5. The summed E-state index contributed by atoms with van der Waals surface area (Å²) in [5.41, 5.74) is 2.25. The maximum Gasteiger partial charge on any atom is 0.231 e. The summed E-state index contributed by atoms with van der Waals surface area (Å²) in [5, 5.41) is 10.4. The Bertz CT molecular complexity index is 1110. The van der Waals surface area contributed by atoms with E-state index in [0.717, 1.165) is 54.0 Å². The highest BCUT2D eigenvalue weighted by molar-refractivity contribution is 7.12. The van der Waals surface area contributed by atoms with Gasteiger partial charge in [-0.3, -0.25) is 4.79 Å². The molecule has 5 nitrogen and oxygen atoms in total. The van der Waals surface area contributed by atoms with Crippen molar-refractivity contribution < 1.29 is 9.18 Å². The Morgan fingerprint density at radius 1 is 1.13 bits per heavy atom. The molecule has 1 aromatic carbocycles. The Kier molecular flexibility index (Phi) is 4.32. The Morgan fingerprint density at radius 3 is 2.42 bits per heavy atom. The molecule has 0 unspecified atom stereocenters. The SMILES string of the molecule is Cc1cc(NC(=O)C23CC4CC(CC(C4)C2)C3)n(-c2nc(-c3ccc(F)cc3)cs2)n1. The van der Waals surface area contributed by atoms with Crippen molar-refractivity contribution in [3.63, 3.8) is 0 Å². The van der Waals surface area contributed by atoms with Crippen LogP contribution in [0.2, 0.25) is 0 Å². The second-order valence-electron chi connectivity index (χ2n) is 9.76. The largest absolute Gasteiger partial charge is 0.310 e. The molecule has 0 spiro atoms. The summed E-state index contributed by atoms with van der Waals surface area (Å²) in [6.07, 6.45) is 7.04. The number of aromatic nitrogens is 3. The van der Waals surface area contributed by atoms with Crippen LogP contribution in [0.5, 0.6) is 0 Å². The normalized spacial score (nSPS) is 28.8. The quantitative estimate of drug-likeness (QED) is 0.579. The Hall–Kier alpha value is -2.54. The number of nitrogens with zero attached hydrogens (tertiary/aromatic N) is 3. The number of nitrogens with one attached hydrogen (secondary N) is 1. The number of rotatable bonds is 4. The molecule has 2 heterocycles. The first kappa shape index (κ1) is 19.2. The first-order chi connectivity index (χ1) is 15.0. The zero-order valence-electron chi connectivity index (χ0n) is 17.5. The molecule has 0 radical (unpaired) electrons. The molecule has 31 heavy (non-hydrogen) atoms. The predicted octanol–water partition coefficient (Wildman–Crippen LogP) is 5.60. The number of hydrogen-bond acceptors (Lipinski definition) is 4. The molecular weight excluding hydrogens is 411 g/mol. The number of aryl methyl sites for hydroxylation is 1. The standard InChI is InChI=1S/C24H25FN4OS/c1-14-6-21(27-22(30)24-10-15-7-16(11-24)9-17(8-15)12-24)29(28-14)23-26-20(13-31-23)18-2-4-19(25)5-3-18/h2-6,13,15-17H,7-12H2,1H3,(H,27,30). The summed E-state index contributed by atoms with van der Waals surface area (Å²) >= 11 is 1.46. The van der Waals surface area contributed by atoms with Gasteiger partial charge < -0.3 is 5.32 Å². The fourth-order valence-corrected chi connectivity index (χ4v) is 7.28. The topological polar surface area (TPSA) is 59.8 Å². The monoisotopic (exact) mass is 436 g/mol. The smallest absolute Gasteiger partial charge is 0.231 e. The van der Waals surface area contributed by atoms with Gasteiger partial charge in [-0.2, -0.15) is 9.78 Å². The minimum absolute atomic E-state index is 0.156. The van der Waals surface area contributed by atoms with Crippen LogP contribution in [0.3, 0.4) is 0 Å². The van der Waals surface area contributed by atoms with Gasteiger partial charge in [0.2, 0.25) is 11.0 Å². The summed E-state index contributed by atoms with van der Waals surface area (Å²) in [6, 6.07) is 8.22. The van der Waals surface area contributed by atoms with Gasteiger partial charge in [0.05, 0.1) is 16.8 Å². The molecule has 4 bridgehead atoms. The van der Waals surface area contributed by atoms with Crippen LogP contribution >= 0.6 is 11.3 Å². The summed E-state index contributed by atoms with van der Waals surface area (Å²) in [6.45, 7) is 1.92. The fraction of sp³-hybridized carbons (Fsp3) is 0.458. The molecule has 7 rings (SSSR count). The fourth-order valence-electron chi connectivity index (χ4n) is 6.49. The summed E-state index contributed by atoms with van der Waals surface area (Å²) < 4.78 is 15.0. The Balaban J connectivity index is 1.27. The molecule has 3 aromatic rings. The van der Waals surface area contributed by atoms with Crippen molar-refractivity contribution in [1.82, 2.24) is 14.8 Å². The molecule has 4 saturated carbocycles.